The number of ether oxygens (including phenoxy) is 1. The molecule has 0 bridgehead atoms. The molecule has 1 aliphatic rings. The molecule has 1 aromatic carbocycles. The Morgan fingerprint density at radius 2 is 2.03 bits per heavy atom. The number of amides is 1. The van der Waals surface area contributed by atoms with Crippen molar-refractivity contribution in [3.63, 3.8) is 0 Å². The van der Waals surface area contributed by atoms with Gasteiger partial charge in [-0.2, -0.15) is 5.26 Å². The monoisotopic (exact) mass is 485 g/mol. The third-order valence-electron chi connectivity index (χ3n) is 6.54. The zero-order valence-electron chi connectivity index (χ0n) is 20.8. The summed E-state index contributed by atoms with van der Waals surface area (Å²) in [5, 5.41) is 19.0. The van der Waals surface area contributed by atoms with Gasteiger partial charge in [0.2, 0.25) is 5.88 Å². The van der Waals surface area contributed by atoms with Crippen molar-refractivity contribution in [1.82, 2.24) is 19.8 Å². The first-order valence-corrected chi connectivity index (χ1v) is 12.1. The minimum Gasteiger partial charge on any atom is -0.472 e. The van der Waals surface area contributed by atoms with Crippen LogP contribution in [0, 0.1) is 17.2 Å². The number of fused-ring (bicyclic) bond motifs is 1. The molecule has 0 saturated heterocycles. The van der Waals surface area contributed by atoms with Crippen molar-refractivity contribution in [3.8, 4) is 23.1 Å². The van der Waals surface area contributed by atoms with E-state index in [1.165, 1.54) is 0 Å². The van der Waals surface area contributed by atoms with Gasteiger partial charge in [-0.15, -0.1) is 0 Å². The third-order valence-corrected chi connectivity index (χ3v) is 6.54. The molecule has 0 fully saturated rings. The first-order chi connectivity index (χ1) is 17.4. The van der Waals surface area contributed by atoms with Crippen LogP contribution in [0.25, 0.3) is 11.1 Å². The predicted octanol–water partition coefficient (Wildman–Crippen LogP) is 3.37. The summed E-state index contributed by atoms with van der Waals surface area (Å²) < 4.78 is 6.40. The zero-order valence-corrected chi connectivity index (χ0v) is 20.8. The molecule has 0 aliphatic carbocycles. The van der Waals surface area contributed by atoms with E-state index in [0.29, 0.717) is 36.6 Å². The lowest BCUT2D eigenvalue weighted by molar-refractivity contribution is 0.0325. The van der Waals surface area contributed by atoms with Crippen LogP contribution < -0.4 is 4.74 Å². The Hall–Kier alpha value is -3.80. The van der Waals surface area contributed by atoms with Gasteiger partial charge in [0.05, 0.1) is 24.3 Å². The van der Waals surface area contributed by atoms with Crippen LogP contribution in [-0.4, -0.2) is 69.7 Å². The number of hydrogen-bond donors (Lipinski definition) is 1. The van der Waals surface area contributed by atoms with Crippen LogP contribution in [0.15, 0.2) is 61.1 Å². The van der Waals surface area contributed by atoms with Crippen LogP contribution in [0.1, 0.15) is 35.3 Å². The molecule has 1 aliphatic heterocycles. The Morgan fingerprint density at radius 1 is 1.25 bits per heavy atom. The van der Waals surface area contributed by atoms with E-state index >= 15 is 0 Å². The maximum Gasteiger partial charge on any atom is 0.259 e. The third kappa shape index (κ3) is 5.70. The molecular formula is C28H31N5O3. The average molecular weight is 486 g/mol. The molecule has 4 rings (SSSR count). The SMILES string of the molecule is C[C@H]1CN([C@@H](C)CO)C(=O)c2cc(-c3ccc(C#N)cc3)cnc2O[C@H]1CN(C)Cc1cccnc1. The highest BCUT2D eigenvalue weighted by Crippen LogP contribution is 2.30. The van der Waals surface area contributed by atoms with Crippen LogP contribution in [0.3, 0.4) is 0 Å². The van der Waals surface area contributed by atoms with Gasteiger partial charge in [0.25, 0.3) is 5.91 Å². The number of benzene rings is 1. The number of aliphatic hydroxyl groups excluding tert-OH is 1. The van der Waals surface area contributed by atoms with Gasteiger partial charge in [0, 0.05) is 49.7 Å². The molecule has 1 amide bonds. The minimum absolute atomic E-state index is 0.00690. The molecule has 1 N–H and O–H groups in total. The molecule has 0 spiro atoms. The fourth-order valence-electron chi connectivity index (χ4n) is 4.39. The highest BCUT2D eigenvalue weighted by atomic mass is 16.5. The van der Waals surface area contributed by atoms with E-state index in [1.54, 1.807) is 35.5 Å². The van der Waals surface area contributed by atoms with Gasteiger partial charge >= 0.3 is 0 Å². The smallest absolute Gasteiger partial charge is 0.259 e. The van der Waals surface area contributed by atoms with Crippen LogP contribution in [0.4, 0.5) is 0 Å². The molecule has 3 atom stereocenters. The molecule has 8 heteroatoms. The summed E-state index contributed by atoms with van der Waals surface area (Å²) >= 11 is 0. The Morgan fingerprint density at radius 3 is 2.69 bits per heavy atom. The quantitative estimate of drug-likeness (QED) is 0.547. The van der Waals surface area contributed by atoms with Gasteiger partial charge in [-0.25, -0.2) is 4.98 Å². The van der Waals surface area contributed by atoms with Crippen LogP contribution in [-0.2, 0) is 6.54 Å². The fourth-order valence-corrected chi connectivity index (χ4v) is 4.39. The molecule has 2 aromatic heterocycles. The lowest BCUT2D eigenvalue weighted by atomic mass is 9.99. The zero-order chi connectivity index (χ0) is 25.7. The molecular weight excluding hydrogens is 454 g/mol. The average Bonchev–Trinajstić information content (AvgIpc) is 2.90. The number of likely N-dealkylation sites (N-methyl/N-ethyl adjacent to an activating group) is 1. The summed E-state index contributed by atoms with van der Waals surface area (Å²) in [5.41, 5.74) is 3.64. The highest BCUT2D eigenvalue weighted by Gasteiger charge is 2.34. The van der Waals surface area contributed by atoms with Crippen molar-refractivity contribution in [3.05, 3.63) is 77.7 Å². The summed E-state index contributed by atoms with van der Waals surface area (Å²) in [6, 6.07) is 14.7. The van der Waals surface area contributed by atoms with Gasteiger partial charge in [-0.05, 0) is 49.4 Å². The number of aliphatic hydroxyl groups is 1. The summed E-state index contributed by atoms with van der Waals surface area (Å²) in [5.74, 6) is 0.0786. The van der Waals surface area contributed by atoms with Crippen molar-refractivity contribution in [2.24, 2.45) is 5.92 Å². The number of aromatic nitrogens is 2. The van der Waals surface area contributed by atoms with E-state index < -0.39 is 0 Å². The summed E-state index contributed by atoms with van der Waals surface area (Å²) in [6.45, 7) is 5.56. The molecule has 3 heterocycles. The second-order valence-corrected chi connectivity index (χ2v) is 9.45. The van der Waals surface area contributed by atoms with Gasteiger partial charge in [0.1, 0.15) is 11.7 Å². The predicted molar refractivity (Wildman–Crippen MR) is 136 cm³/mol. The van der Waals surface area contributed by atoms with Gasteiger partial charge < -0.3 is 14.7 Å². The maximum absolute atomic E-state index is 13.6. The molecule has 8 nitrogen and oxygen atoms in total. The van der Waals surface area contributed by atoms with E-state index in [4.69, 9.17) is 10.00 Å². The molecule has 36 heavy (non-hydrogen) atoms. The normalized spacial score (nSPS) is 18.6. The number of nitriles is 1. The Bertz CT molecular complexity index is 1230. The minimum atomic E-state index is -0.349. The topological polar surface area (TPSA) is 103 Å². The highest BCUT2D eigenvalue weighted by molar-refractivity contribution is 5.98. The Labute approximate surface area is 211 Å². The number of rotatable bonds is 7. The number of pyridine rings is 2. The van der Waals surface area contributed by atoms with Crippen molar-refractivity contribution in [1.29, 1.82) is 5.26 Å². The maximum atomic E-state index is 13.6. The number of carbonyl (C=O) groups excluding carboxylic acids is 1. The van der Waals surface area contributed by atoms with Crippen LogP contribution in [0.5, 0.6) is 5.88 Å². The Balaban J connectivity index is 1.66. The second kappa shape index (κ2) is 11.3. The van der Waals surface area contributed by atoms with E-state index in [2.05, 4.69) is 27.9 Å². The number of carbonyl (C=O) groups is 1. The first kappa shape index (κ1) is 25.3. The molecule has 3 aromatic rings. The number of hydrogen-bond acceptors (Lipinski definition) is 7. The molecule has 0 unspecified atom stereocenters. The Kier molecular flexibility index (Phi) is 7.93. The fraction of sp³-hybridized carbons (Fsp3) is 0.357. The van der Waals surface area contributed by atoms with Crippen molar-refractivity contribution < 1.29 is 14.6 Å². The summed E-state index contributed by atoms with van der Waals surface area (Å²) in [7, 11) is 2.03. The first-order valence-electron chi connectivity index (χ1n) is 12.1. The van der Waals surface area contributed by atoms with Crippen LogP contribution >= 0.6 is 0 Å². The van der Waals surface area contributed by atoms with Gasteiger partial charge in [-0.3, -0.25) is 14.7 Å². The lowest BCUT2D eigenvalue weighted by Crippen LogP contribution is -2.49. The van der Waals surface area contributed by atoms with Crippen molar-refractivity contribution in [2.75, 3.05) is 26.7 Å². The van der Waals surface area contributed by atoms with Gasteiger partial charge in [0.15, 0.2) is 0 Å². The lowest BCUT2D eigenvalue weighted by Gasteiger charge is -2.37. The standard InChI is InChI=1S/C28H31N5O3/c1-19-15-33(20(2)18-34)28(35)25-11-24(23-8-6-21(12-29)7-9-23)14-31-27(25)36-26(19)17-32(3)16-22-5-4-10-30-13-22/h4-11,13-14,19-20,26,34H,15-18H2,1-3H3/t19-,20-,26-/m0/s1. The largest absolute Gasteiger partial charge is 0.472 e. The molecule has 186 valence electrons. The van der Waals surface area contributed by atoms with Crippen molar-refractivity contribution >= 4 is 5.91 Å². The summed E-state index contributed by atoms with van der Waals surface area (Å²) in [6.07, 6.45) is 5.08. The van der Waals surface area contributed by atoms with Crippen LogP contribution in [0.2, 0.25) is 0 Å². The van der Waals surface area contributed by atoms with Gasteiger partial charge in [-0.1, -0.05) is 25.1 Å². The second-order valence-electron chi connectivity index (χ2n) is 9.45. The summed E-state index contributed by atoms with van der Waals surface area (Å²) in [4.78, 5) is 26.3. The van der Waals surface area contributed by atoms with Crippen molar-refractivity contribution in [2.45, 2.75) is 32.5 Å². The molecule has 0 saturated carbocycles. The number of nitrogens with zero attached hydrogens (tertiary/aromatic N) is 5. The molecule has 0 radical (unpaired) electrons. The van der Waals surface area contributed by atoms with E-state index in [-0.39, 0.29) is 30.6 Å². The van der Waals surface area contributed by atoms with E-state index in [9.17, 15) is 9.90 Å². The van der Waals surface area contributed by atoms with E-state index in [1.807, 2.05) is 44.4 Å². The van der Waals surface area contributed by atoms with E-state index in [0.717, 1.165) is 16.7 Å².